The summed E-state index contributed by atoms with van der Waals surface area (Å²) in [5.74, 6) is -0.372. The number of thiocarbonyl (C=S) groups is 1. The molecule has 41 heavy (non-hydrogen) atoms. The molecule has 2 amide bonds. The lowest BCUT2D eigenvalue weighted by Gasteiger charge is -2.38. The van der Waals surface area contributed by atoms with E-state index in [1.165, 1.54) is 11.6 Å². The molecule has 9 nitrogen and oxygen atoms in total. The molecule has 0 bridgehead atoms. The summed E-state index contributed by atoms with van der Waals surface area (Å²) in [6.45, 7) is 2.23. The second-order valence-corrected chi connectivity index (χ2v) is 11.3. The molecule has 11 heteroatoms. The van der Waals surface area contributed by atoms with Crippen molar-refractivity contribution in [3.8, 4) is 0 Å². The molecule has 1 N–H and O–H groups in total. The summed E-state index contributed by atoms with van der Waals surface area (Å²) in [4.78, 5) is 43.0. The van der Waals surface area contributed by atoms with Crippen LogP contribution in [0.4, 0.5) is 17.1 Å². The molecule has 2 aliphatic heterocycles. The van der Waals surface area contributed by atoms with Crippen molar-refractivity contribution in [1.29, 1.82) is 0 Å². The van der Waals surface area contributed by atoms with Crippen LogP contribution < -0.4 is 10.3 Å². The van der Waals surface area contributed by atoms with Crippen LogP contribution in [0, 0.1) is 10.1 Å². The largest absolute Gasteiger partial charge is 0.362 e. The van der Waals surface area contributed by atoms with Crippen LogP contribution in [-0.4, -0.2) is 57.1 Å². The molecule has 0 atom stereocenters. The molecule has 1 saturated heterocycles. The molecule has 206 valence electrons. The van der Waals surface area contributed by atoms with Gasteiger partial charge in [-0.1, -0.05) is 84.6 Å². The summed E-state index contributed by atoms with van der Waals surface area (Å²) >= 11 is 7.30. The van der Waals surface area contributed by atoms with Crippen LogP contribution in [-0.2, 0) is 5.75 Å². The van der Waals surface area contributed by atoms with Crippen molar-refractivity contribution in [2.45, 2.75) is 5.75 Å². The zero-order chi connectivity index (χ0) is 28.5. The van der Waals surface area contributed by atoms with Gasteiger partial charge in [-0.15, -0.1) is 0 Å². The van der Waals surface area contributed by atoms with Crippen LogP contribution in [0.15, 0.2) is 84.9 Å². The first-order valence-electron chi connectivity index (χ1n) is 13.1. The Hall–Kier alpha value is -4.48. The van der Waals surface area contributed by atoms with Crippen LogP contribution in [0.25, 0.3) is 10.8 Å². The minimum atomic E-state index is -0.636. The van der Waals surface area contributed by atoms with Crippen LogP contribution in [0.5, 0.6) is 0 Å². The Morgan fingerprint density at radius 2 is 1.54 bits per heavy atom. The van der Waals surface area contributed by atoms with Crippen LogP contribution in [0.2, 0.25) is 0 Å². The van der Waals surface area contributed by atoms with E-state index in [-0.39, 0.29) is 11.3 Å². The van der Waals surface area contributed by atoms with E-state index in [0.717, 1.165) is 15.1 Å². The van der Waals surface area contributed by atoms with E-state index in [2.05, 4.69) is 22.5 Å². The lowest BCUT2D eigenvalue weighted by atomic mass is 9.92. The molecule has 0 radical (unpaired) electrons. The molecule has 2 heterocycles. The minimum Gasteiger partial charge on any atom is -0.362 e. The first kappa shape index (κ1) is 26.7. The molecule has 0 spiro atoms. The number of hydrogen-bond donors (Lipinski definition) is 1. The third kappa shape index (κ3) is 5.09. The van der Waals surface area contributed by atoms with Crippen molar-refractivity contribution in [3.63, 3.8) is 0 Å². The Kier molecular flexibility index (Phi) is 7.29. The first-order chi connectivity index (χ1) is 19.9. The van der Waals surface area contributed by atoms with Gasteiger partial charge >= 0.3 is 0 Å². The van der Waals surface area contributed by atoms with Gasteiger partial charge in [0.25, 0.3) is 17.5 Å². The molecule has 6 rings (SSSR count). The summed E-state index contributed by atoms with van der Waals surface area (Å²) in [6.07, 6.45) is 0. The number of hydrogen-bond acceptors (Lipinski definition) is 8. The highest BCUT2D eigenvalue weighted by molar-refractivity contribution is 8.22. The number of thioether (sulfide) groups is 1. The summed E-state index contributed by atoms with van der Waals surface area (Å²) in [7, 11) is 0. The molecular weight excluding hydrogens is 558 g/mol. The number of carbonyl (C=O) groups is 2. The average molecular weight is 584 g/mol. The van der Waals surface area contributed by atoms with Gasteiger partial charge < -0.3 is 9.80 Å². The van der Waals surface area contributed by atoms with Crippen LogP contribution in [0.3, 0.4) is 0 Å². The SMILES string of the molecule is O=C1c2cccc3c(N4CCN(C(=S)SCc5ccccc5)CC4)c([N+](=O)[O-])cc(c23)C(=O)N1Nc1ccccc1. The third-order valence-electron chi connectivity index (χ3n) is 7.25. The number of imide groups is 1. The summed E-state index contributed by atoms with van der Waals surface area (Å²) in [5, 5.41) is 14.2. The number of benzene rings is 4. The predicted octanol–water partition coefficient (Wildman–Crippen LogP) is 5.71. The van der Waals surface area contributed by atoms with Crippen molar-refractivity contribution < 1.29 is 14.5 Å². The summed E-state index contributed by atoms with van der Waals surface area (Å²) < 4.78 is 0.794. The predicted molar refractivity (Wildman–Crippen MR) is 165 cm³/mol. The van der Waals surface area contributed by atoms with E-state index >= 15 is 0 Å². The van der Waals surface area contributed by atoms with Crippen molar-refractivity contribution in [1.82, 2.24) is 9.91 Å². The van der Waals surface area contributed by atoms with Gasteiger partial charge in [0.05, 0.1) is 21.7 Å². The number of hydrazine groups is 1. The maximum Gasteiger partial charge on any atom is 0.293 e. The standard InChI is InChI=1S/C30H25N5O4S2/c36-28-23-13-7-12-22-26(23)24(29(37)34(28)31-21-10-5-2-6-11-21)18-25(35(38)39)27(22)32-14-16-33(17-15-32)30(40)41-19-20-8-3-1-4-9-20/h1-13,18,31H,14-17,19H2. The maximum atomic E-state index is 13.5. The van der Waals surface area contributed by atoms with E-state index in [0.29, 0.717) is 53.9 Å². The smallest absolute Gasteiger partial charge is 0.293 e. The second-order valence-electron chi connectivity index (χ2n) is 9.71. The number of nitro groups is 1. The molecule has 2 aliphatic rings. The molecule has 0 unspecified atom stereocenters. The third-order valence-corrected chi connectivity index (χ3v) is 8.84. The first-order valence-corrected chi connectivity index (χ1v) is 14.5. The second kappa shape index (κ2) is 11.2. The number of carbonyl (C=O) groups excluding carboxylic acids is 2. The van der Waals surface area contributed by atoms with Crippen LogP contribution >= 0.6 is 24.0 Å². The molecule has 0 saturated carbocycles. The van der Waals surface area contributed by atoms with Gasteiger partial charge in [0.2, 0.25) is 0 Å². The number of nitro benzene ring substituents is 1. The Balaban J connectivity index is 1.29. The average Bonchev–Trinajstić information content (AvgIpc) is 3.01. The minimum absolute atomic E-state index is 0.117. The number of nitrogens with one attached hydrogen (secondary N) is 1. The van der Waals surface area contributed by atoms with E-state index < -0.39 is 16.7 Å². The van der Waals surface area contributed by atoms with Gasteiger partial charge in [-0.25, -0.2) is 0 Å². The van der Waals surface area contributed by atoms with Gasteiger partial charge in [-0.3, -0.25) is 25.1 Å². The Morgan fingerprint density at radius 1 is 0.878 bits per heavy atom. The zero-order valence-corrected chi connectivity index (χ0v) is 23.5. The number of rotatable bonds is 6. The molecular formula is C30H25N5O4S2. The highest BCUT2D eigenvalue weighted by atomic mass is 32.2. The Bertz CT molecular complexity index is 1680. The molecule has 1 fully saturated rings. The quantitative estimate of drug-likeness (QED) is 0.132. The zero-order valence-electron chi connectivity index (χ0n) is 21.9. The Morgan fingerprint density at radius 3 is 2.22 bits per heavy atom. The Labute approximate surface area is 245 Å². The van der Waals surface area contributed by atoms with Crippen molar-refractivity contribution in [3.05, 3.63) is 112 Å². The van der Waals surface area contributed by atoms with Gasteiger partial charge in [-0.05, 0) is 23.8 Å². The number of piperazine rings is 1. The lowest BCUT2D eigenvalue weighted by Crippen LogP contribution is -2.48. The summed E-state index contributed by atoms with van der Waals surface area (Å²) in [5.41, 5.74) is 5.29. The molecule has 0 aromatic heterocycles. The van der Waals surface area contributed by atoms with Gasteiger partial charge in [0.1, 0.15) is 10.0 Å². The summed E-state index contributed by atoms with van der Waals surface area (Å²) in [6, 6.07) is 25.4. The van der Waals surface area contributed by atoms with Gasteiger partial charge in [0.15, 0.2) is 0 Å². The molecule has 4 aromatic rings. The maximum absolute atomic E-state index is 13.5. The fourth-order valence-corrected chi connectivity index (χ4v) is 6.48. The topological polar surface area (TPSA) is 99.0 Å². The number of amides is 2. The van der Waals surface area contributed by atoms with E-state index in [9.17, 15) is 19.7 Å². The monoisotopic (exact) mass is 583 g/mol. The highest BCUT2D eigenvalue weighted by Crippen LogP contribution is 2.42. The fourth-order valence-electron chi connectivity index (χ4n) is 5.27. The van der Waals surface area contributed by atoms with Crippen molar-refractivity contribution in [2.75, 3.05) is 36.5 Å². The normalized spacial score (nSPS) is 14.9. The molecule has 0 aliphatic carbocycles. The fraction of sp³-hybridized carbons (Fsp3) is 0.167. The van der Waals surface area contributed by atoms with E-state index in [1.807, 2.05) is 29.2 Å². The van der Waals surface area contributed by atoms with Crippen molar-refractivity contribution >= 4 is 67.9 Å². The number of para-hydroxylation sites is 1. The number of anilines is 2. The van der Waals surface area contributed by atoms with Gasteiger partial charge in [0, 0.05) is 48.8 Å². The number of nitrogens with zero attached hydrogens (tertiary/aromatic N) is 4. The van der Waals surface area contributed by atoms with E-state index in [4.69, 9.17) is 12.2 Å². The van der Waals surface area contributed by atoms with Crippen molar-refractivity contribution in [2.24, 2.45) is 0 Å². The highest BCUT2D eigenvalue weighted by Gasteiger charge is 2.38. The van der Waals surface area contributed by atoms with Gasteiger partial charge in [-0.2, -0.15) is 5.01 Å². The molecule has 4 aromatic carbocycles. The van der Waals surface area contributed by atoms with E-state index in [1.54, 1.807) is 54.2 Å². The lowest BCUT2D eigenvalue weighted by molar-refractivity contribution is -0.384. The van der Waals surface area contributed by atoms with Crippen LogP contribution in [0.1, 0.15) is 26.3 Å².